The van der Waals surface area contributed by atoms with Gasteiger partial charge in [0, 0.05) is 49.1 Å². The molecule has 0 saturated carbocycles. The van der Waals surface area contributed by atoms with Gasteiger partial charge in [-0.1, -0.05) is 53.7 Å². The molecule has 2 bridgehead atoms. The number of carbonyl (C=O) groups excluding carboxylic acids is 4. The minimum atomic E-state index is -0.945. The van der Waals surface area contributed by atoms with E-state index in [0.29, 0.717) is 18.7 Å². The SMILES string of the molecule is Cc1[nH]c2ccccc2c1CC(=O)N1CCN2C(=O)[C@H](Cc3ccccc3)NC(=O)CCCn3cc(nn3)CNC(=O)[C@H]2C1. The zero-order chi connectivity index (χ0) is 30.6. The average molecular weight is 597 g/mol. The van der Waals surface area contributed by atoms with Crippen molar-refractivity contribution in [3.05, 3.63) is 83.3 Å². The fourth-order valence-electron chi connectivity index (χ4n) is 6.07. The number of amides is 4. The summed E-state index contributed by atoms with van der Waals surface area (Å²) in [5.74, 6) is -1.11. The van der Waals surface area contributed by atoms with Crippen LogP contribution in [0.4, 0.5) is 0 Å². The van der Waals surface area contributed by atoms with Gasteiger partial charge in [0.25, 0.3) is 0 Å². The van der Waals surface area contributed by atoms with Gasteiger partial charge in [-0.15, -0.1) is 5.10 Å². The summed E-state index contributed by atoms with van der Waals surface area (Å²) >= 11 is 0. The smallest absolute Gasteiger partial charge is 0.246 e. The van der Waals surface area contributed by atoms with Gasteiger partial charge in [-0.2, -0.15) is 0 Å². The van der Waals surface area contributed by atoms with Crippen molar-refractivity contribution in [3.8, 4) is 0 Å². The van der Waals surface area contributed by atoms with Gasteiger partial charge in [0.05, 0.1) is 25.7 Å². The molecule has 3 N–H and O–H groups in total. The number of piperazine rings is 1. The number of H-pyrrole nitrogens is 1. The Kier molecular flexibility index (Phi) is 8.40. The monoisotopic (exact) mass is 596 g/mol. The highest BCUT2D eigenvalue weighted by Gasteiger charge is 2.40. The van der Waals surface area contributed by atoms with E-state index in [0.717, 1.165) is 27.7 Å². The predicted octanol–water partition coefficient (Wildman–Crippen LogP) is 1.49. The van der Waals surface area contributed by atoms with Crippen molar-refractivity contribution < 1.29 is 19.2 Å². The van der Waals surface area contributed by atoms with Gasteiger partial charge in [0.1, 0.15) is 17.8 Å². The van der Waals surface area contributed by atoms with Gasteiger partial charge >= 0.3 is 0 Å². The number of aromatic amines is 1. The number of hydrogen-bond donors (Lipinski definition) is 3. The molecule has 228 valence electrons. The Balaban J connectivity index is 1.26. The standard InChI is InChI=1S/C32H36N8O4/c1-21-25(24-10-5-6-11-26(24)34-21)17-30(42)38-14-15-40-28(20-38)31(43)33-18-23-19-39(37-36-23)13-7-12-29(41)35-27(32(40)44)16-22-8-3-2-4-9-22/h2-6,8-11,19,27-28,34H,7,12-18,20H2,1H3,(H,33,43)(H,35,41)/t27-,28+/m0/s1. The van der Waals surface area contributed by atoms with Crippen LogP contribution in [-0.2, 0) is 45.1 Å². The minimum absolute atomic E-state index is 0.0382. The molecule has 2 aromatic heterocycles. The van der Waals surface area contributed by atoms with Crippen molar-refractivity contribution in [3.63, 3.8) is 0 Å². The largest absolute Gasteiger partial charge is 0.358 e. The number of nitrogens with zero attached hydrogens (tertiary/aromatic N) is 5. The van der Waals surface area contributed by atoms with Crippen molar-refractivity contribution in [1.82, 2.24) is 40.4 Å². The quantitative estimate of drug-likeness (QED) is 0.326. The first-order chi connectivity index (χ1) is 21.4. The maximum Gasteiger partial charge on any atom is 0.246 e. The molecule has 2 atom stereocenters. The molecule has 4 amide bonds. The van der Waals surface area contributed by atoms with Gasteiger partial charge < -0.3 is 25.4 Å². The molecule has 1 fully saturated rings. The van der Waals surface area contributed by atoms with E-state index in [9.17, 15) is 19.2 Å². The van der Waals surface area contributed by atoms with E-state index < -0.39 is 18.0 Å². The third-order valence-electron chi connectivity index (χ3n) is 8.41. The van der Waals surface area contributed by atoms with Crippen LogP contribution >= 0.6 is 0 Å². The predicted molar refractivity (Wildman–Crippen MR) is 162 cm³/mol. The molecular formula is C32H36N8O4. The summed E-state index contributed by atoms with van der Waals surface area (Å²) in [5, 5.41) is 15.1. The molecule has 4 heterocycles. The summed E-state index contributed by atoms with van der Waals surface area (Å²) in [6, 6.07) is 15.5. The van der Waals surface area contributed by atoms with Crippen molar-refractivity contribution >= 4 is 34.5 Å². The van der Waals surface area contributed by atoms with E-state index in [4.69, 9.17) is 0 Å². The second-order valence-electron chi connectivity index (χ2n) is 11.4. The van der Waals surface area contributed by atoms with Crippen LogP contribution in [0.2, 0.25) is 0 Å². The second-order valence-corrected chi connectivity index (χ2v) is 11.4. The minimum Gasteiger partial charge on any atom is -0.358 e. The Bertz CT molecular complexity index is 1680. The number of carbonyl (C=O) groups is 4. The molecule has 6 rings (SSSR count). The molecule has 2 aromatic carbocycles. The van der Waals surface area contributed by atoms with E-state index in [2.05, 4.69) is 25.9 Å². The third kappa shape index (κ3) is 6.34. The van der Waals surface area contributed by atoms with Gasteiger partial charge in [-0.25, -0.2) is 0 Å². The van der Waals surface area contributed by atoms with E-state index in [1.807, 2.05) is 61.5 Å². The number of rotatable bonds is 4. The summed E-state index contributed by atoms with van der Waals surface area (Å²) in [6.07, 6.45) is 2.92. The number of fused-ring (bicyclic) bond motifs is 4. The first-order valence-electron chi connectivity index (χ1n) is 15.0. The number of nitrogens with one attached hydrogen (secondary N) is 3. The molecule has 2 aliphatic rings. The molecule has 44 heavy (non-hydrogen) atoms. The average Bonchev–Trinajstić information content (AvgIpc) is 3.62. The lowest BCUT2D eigenvalue weighted by Crippen LogP contribution is -2.64. The van der Waals surface area contributed by atoms with Gasteiger partial charge in [-0.05, 0) is 30.5 Å². The summed E-state index contributed by atoms with van der Waals surface area (Å²) in [7, 11) is 0. The van der Waals surface area contributed by atoms with Crippen LogP contribution in [0.3, 0.4) is 0 Å². The van der Waals surface area contributed by atoms with Crippen molar-refractivity contribution in [2.75, 3.05) is 19.6 Å². The Morgan fingerprint density at radius 3 is 2.64 bits per heavy atom. The number of aryl methyl sites for hydroxylation is 2. The molecule has 1 saturated heterocycles. The lowest BCUT2D eigenvalue weighted by atomic mass is 10.0. The first kappa shape index (κ1) is 29.1. The molecule has 4 aromatic rings. The lowest BCUT2D eigenvalue weighted by molar-refractivity contribution is -0.150. The first-order valence-corrected chi connectivity index (χ1v) is 15.0. The highest BCUT2D eigenvalue weighted by atomic mass is 16.2. The van der Waals surface area contributed by atoms with Crippen LogP contribution in [-0.4, -0.2) is 85.1 Å². The van der Waals surface area contributed by atoms with Crippen molar-refractivity contribution in [2.24, 2.45) is 0 Å². The molecule has 2 aliphatic heterocycles. The lowest BCUT2D eigenvalue weighted by Gasteiger charge is -2.42. The highest BCUT2D eigenvalue weighted by Crippen LogP contribution is 2.24. The van der Waals surface area contributed by atoms with E-state index >= 15 is 0 Å². The van der Waals surface area contributed by atoms with Crippen LogP contribution in [0.5, 0.6) is 0 Å². The summed E-state index contributed by atoms with van der Waals surface area (Å²) in [5.41, 5.74) is 4.27. The molecule has 0 radical (unpaired) electrons. The van der Waals surface area contributed by atoms with Crippen LogP contribution in [0.1, 0.15) is 35.4 Å². The number of aromatic nitrogens is 4. The summed E-state index contributed by atoms with van der Waals surface area (Å²) in [4.78, 5) is 61.0. The van der Waals surface area contributed by atoms with E-state index in [1.54, 1.807) is 15.8 Å². The van der Waals surface area contributed by atoms with Crippen LogP contribution < -0.4 is 10.6 Å². The molecule has 0 aliphatic carbocycles. The summed E-state index contributed by atoms with van der Waals surface area (Å²) < 4.78 is 1.64. The van der Waals surface area contributed by atoms with Crippen molar-refractivity contribution in [2.45, 2.75) is 57.8 Å². The Labute approximate surface area is 254 Å². The number of hydrogen-bond acceptors (Lipinski definition) is 6. The van der Waals surface area contributed by atoms with Crippen LogP contribution in [0, 0.1) is 6.92 Å². The molecule has 12 heteroatoms. The number of benzene rings is 2. The summed E-state index contributed by atoms with van der Waals surface area (Å²) in [6.45, 7) is 3.03. The van der Waals surface area contributed by atoms with Crippen molar-refractivity contribution in [1.29, 1.82) is 0 Å². The molecule has 0 spiro atoms. The van der Waals surface area contributed by atoms with Crippen LogP contribution in [0.25, 0.3) is 10.9 Å². The third-order valence-corrected chi connectivity index (χ3v) is 8.41. The Hall–Kier alpha value is -5.00. The Morgan fingerprint density at radius 1 is 1.00 bits per heavy atom. The normalized spacial score (nSPS) is 20.0. The molecular weight excluding hydrogens is 560 g/mol. The maximum absolute atomic E-state index is 14.1. The molecule has 0 unspecified atom stereocenters. The Morgan fingerprint density at radius 2 is 1.80 bits per heavy atom. The van der Waals surface area contributed by atoms with E-state index in [1.165, 1.54) is 4.90 Å². The zero-order valence-electron chi connectivity index (χ0n) is 24.7. The fourth-order valence-corrected chi connectivity index (χ4v) is 6.07. The fraction of sp³-hybridized carbons (Fsp3) is 0.375. The topological polar surface area (TPSA) is 145 Å². The number of para-hydroxylation sites is 1. The van der Waals surface area contributed by atoms with Crippen LogP contribution in [0.15, 0.2) is 60.8 Å². The highest BCUT2D eigenvalue weighted by molar-refractivity contribution is 5.94. The van der Waals surface area contributed by atoms with Gasteiger partial charge in [0.15, 0.2) is 0 Å². The van der Waals surface area contributed by atoms with E-state index in [-0.39, 0.29) is 63.2 Å². The van der Waals surface area contributed by atoms with Gasteiger partial charge in [0.2, 0.25) is 23.6 Å². The zero-order valence-corrected chi connectivity index (χ0v) is 24.7. The molecule has 12 nitrogen and oxygen atoms in total. The second kappa shape index (κ2) is 12.7. The maximum atomic E-state index is 14.1. The van der Waals surface area contributed by atoms with Gasteiger partial charge in [-0.3, -0.25) is 23.9 Å².